The molecule has 1 unspecified atom stereocenters. The lowest BCUT2D eigenvalue weighted by molar-refractivity contribution is 0.0813. The summed E-state index contributed by atoms with van der Waals surface area (Å²) in [5, 5.41) is 0. The van der Waals surface area contributed by atoms with Crippen molar-refractivity contribution in [2.45, 2.75) is 46.8 Å². The molecule has 2 heterocycles. The van der Waals surface area contributed by atoms with Gasteiger partial charge in [-0.05, 0) is 55.5 Å². The highest BCUT2D eigenvalue weighted by Crippen LogP contribution is 2.33. The Morgan fingerprint density at radius 3 is 1.93 bits per heavy atom. The van der Waals surface area contributed by atoms with Crippen molar-refractivity contribution in [2.24, 2.45) is 0 Å². The van der Waals surface area contributed by atoms with Crippen LogP contribution in [0.25, 0.3) is 11.1 Å². The molecule has 0 spiro atoms. The van der Waals surface area contributed by atoms with Gasteiger partial charge in [0, 0.05) is 24.3 Å². The summed E-state index contributed by atoms with van der Waals surface area (Å²) in [6, 6.07) is 16.5. The molecule has 4 heteroatoms. The molecule has 0 bridgehead atoms. The minimum atomic E-state index is -0.314. The Morgan fingerprint density at radius 2 is 1.45 bits per heavy atom. The number of rotatable bonds is 4. The van der Waals surface area contributed by atoms with Crippen LogP contribution >= 0.6 is 0 Å². The summed E-state index contributed by atoms with van der Waals surface area (Å²) in [4.78, 5) is 30.8. The van der Waals surface area contributed by atoms with Crippen molar-refractivity contribution < 1.29 is 9.59 Å². The molecule has 0 saturated heterocycles. The van der Waals surface area contributed by atoms with Crippen LogP contribution in [-0.4, -0.2) is 27.5 Å². The molecule has 0 saturated carbocycles. The van der Waals surface area contributed by atoms with E-state index in [1.54, 1.807) is 6.92 Å². The number of ketones is 2. The molecule has 4 rings (SSSR count). The van der Waals surface area contributed by atoms with E-state index in [-0.39, 0.29) is 17.6 Å². The fourth-order valence-corrected chi connectivity index (χ4v) is 4.51. The van der Waals surface area contributed by atoms with E-state index in [1.807, 2.05) is 20.8 Å². The van der Waals surface area contributed by atoms with Gasteiger partial charge in [-0.25, -0.2) is 0 Å². The lowest BCUT2D eigenvalue weighted by Crippen LogP contribution is -2.38. The molecule has 1 aromatic heterocycles. The van der Waals surface area contributed by atoms with E-state index in [0.29, 0.717) is 24.3 Å². The number of carbonyl (C=O) groups is 2. The topological polar surface area (TPSA) is 53.2 Å². The number of H-pyrrole nitrogens is 1. The zero-order chi connectivity index (χ0) is 20.7. The van der Waals surface area contributed by atoms with Gasteiger partial charge in [-0.2, -0.15) is 0 Å². The Balaban J connectivity index is 1.72. The average molecular weight is 386 g/mol. The standard InChI is InChI=1S/C25H26N2O2/c1-15-23(18(4)28)16(2)26-24(15)25(29)17(3)27-13-19-9-5-7-11-21(19)22-12-8-6-10-20(22)14-27/h5-12,17,26H,13-14H2,1-4H3. The minimum absolute atomic E-state index is 0.0134. The predicted molar refractivity (Wildman–Crippen MR) is 115 cm³/mol. The number of aromatic nitrogens is 1. The maximum atomic E-state index is 13.4. The van der Waals surface area contributed by atoms with Crippen LogP contribution < -0.4 is 0 Å². The molecule has 0 radical (unpaired) electrons. The van der Waals surface area contributed by atoms with Gasteiger partial charge in [0.1, 0.15) is 0 Å². The smallest absolute Gasteiger partial charge is 0.196 e. The van der Waals surface area contributed by atoms with Crippen molar-refractivity contribution >= 4 is 11.6 Å². The molecule has 0 aliphatic carbocycles. The number of hydrogen-bond donors (Lipinski definition) is 1. The summed E-state index contributed by atoms with van der Waals surface area (Å²) in [6.07, 6.45) is 0. The van der Waals surface area contributed by atoms with Crippen LogP contribution in [0.5, 0.6) is 0 Å². The molecule has 1 aliphatic rings. The SMILES string of the molecule is CC(=O)c1c(C)[nH]c(C(=O)C(C)N2Cc3ccccc3-c3ccccc3C2)c1C. The zero-order valence-corrected chi connectivity index (χ0v) is 17.4. The van der Waals surface area contributed by atoms with Gasteiger partial charge in [-0.3, -0.25) is 14.5 Å². The van der Waals surface area contributed by atoms with Crippen LogP contribution in [0.15, 0.2) is 48.5 Å². The van der Waals surface area contributed by atoms with Crippen LogP contribution in [0.2, 0.25) is 0 Å². The van der Waals surface area contributed by atoms with Crippen molar-refractivity contribution in [3.8, 4) is 11.1 Å². The Morgan fingerprint density at radius 1 is 0.931 bits per heavy atom. The number of hydrogen-bond acceptors (Lipinski definition) is 3. The molecular weight excluding hydrogens is 360 g/mol. The van der Waals surface area contributed by atoms with Crippen molar-refractivity contribution in [1.82, 2.24) is 9.88 Å². The zero-order valence-electron chi connectivity index (χ0n) is 17.4. The Labute approximate surface area is 171 Å². The normalized spacial score (nSPS) is 14.6. The number of benzene rings is 2. The van der Waals surface area contributed by atoms with Gasteiger partial charge >= 0.3 is 0 Å². The molecule has 0 amide bonds. The van der Waals surface area contributed by atoms with Crippen molar-refractivity contribution in [3.63, 3.8) is 0 Å². The van der Waals surface area contributed by atoms with Gasteiger partial charge < -0.3 is 4.98 Å². The van der Waals surface area contributed by atoms with Crippen molar-refractivity contribution in [3.05, 3.63) is 82.2 Å². The summed E-state index contributed by atoms with van der Waals surface area (Å²) in [7, 11) is 0. The highest BCUT2D eigenvalue weighted by molar-refractivity contribution is 6.05. The maximum Gasteiger partial charge on any atom is 0.196 e. The van der Waals surface area contributed by atoms with Gasteiger partial charge in [0.2, 0.25) is 0 Å². The average Bonchev–Trinajstić information content (AvgIpc) is 2.91. The molecule has 1 atom stereocenters. The van der Waals surface area contributed by atoms with Crippen LogP contribution in [0.4, 0.5) is 0 Å². The summed E-state index contributed by atoms with van der Waals surface area (Å²) >= 11 is 0. The first-order valence-corrected chi connectivity index (χ1v) is 10.0. The van der Waals surface area contributed by atoms with E-state index in [1.165, 1.54) is 22.3 Å². The van der Waals surface area contributed by atoms with E-state index in [4.69, 9.17) is 0 Å². The summed E-state index contributed by atoms with van der Waals surface area (Å²) in [5.74, 6) is 0.00976. The first-order chi connectivity index (χ1) is 13.9. The van der Waals surface area contributed by atoms with Gasteiger partial charge in [-0.15, -0.1) is 0 Å². The fraction of sp³-hybridized carbons (Fsp3) is 0.280. The van der Waals surface area contributed by atoms with E-state index in [0.717, 1.165) is 11.3 Å². The molecule has 4 nitrogen and oxygen atoms in total. The third-order valence-electron chi connectivity index (χ3n) is 6.03. The number of nitrogens with zero attached hydrogens (tertiary/aromatic N) is 1. The monoisotopic (exact) mass is 386 g/mol. The molecule has 1 N–H and O–H groups in total. The molecule has 29 heavy (non-hydrogen) atoms. The molecule has 2 aromatic carbocycles. The van der Waals surface area contributed by atoms with Gasteiger partial charge in [0.05, 0.1) is 11.7 Å². The van der Waals surface area contributed by atoms with E-state index in [9.17, 15) is 9.59 Å². The second-order valence-electron chi connectivity index (χ2n) is 7.94. The second-order valence-corrected chi connectivity index (χ2v) is 7.94. The van der Waals surface area contributed by atoms with E-state index >= 15 is 0 Å². The number of nitrogens with one attached hydrogen (secondary N) is 1. The summed E-state index contributed by atoms with van der Waals surface area (Å²) < 4.78 is 0. The molecule has 3 aromatic rings. The van der Waals surface area contributed by atoms with E-state index in [2.05, 4.69) is 58.4 Å². The third-order valence-corrected chi connectivity index (χ3v) is 6.03. The fourth-order valence-electron chi connectivity index (χ4n) is 4.51. The first-order valence-electron chi connectivity index (χ1n) is 10.0. The summed E-state index contributed by atoms with van der Waals surface area (Å²) in [6.45, 7) is 8.62. The first kappa shape index (κ1) is 19.3. The van der Waals surface area contributed by atoms with Crippen molar-refractivity contribution in [2.75, 3.05) is 0 Å². The largest absolute Gasteiger partial charge is 0.355 e. The van der Waals surface area contributed by atoms with Crippen LogP contribution in [-0.2, 0) is 13.1 Å². The lowest BCUT2D eigenvalue weighted by atomic mass is 9.97. The Bertz CT molecular complexity index is 1060. The van der Waals surface area contributed by atoms with Gasteiger partial charge in [0.15, 0.2) is 11.6 Å². The summed E-state index contributed by atoms with van der Waals surface area (Å²) in [5.41, 5.74) is 7.60. The number of aromatic amines is 1. The van der Waals surface area contributed by atoms with Gasteiger partial charge in [0.25, 0.3) is 0 Å². The lowest BCUT2D eigenvalue weighted by Gasteiger charge is -2.27. The van der Waals surface area contributed by atoms with Gasteiger partial charge in [-0.1, -0.05) is 48.5 Å². The molecule has 1 aliphatic heterocycles. The Kier molecular flexibility index (Phi) is 4.97. The van der Waals surface area contributed by atoms with Crippen LogP contribution in [0, 0.1) is 13.8 Å². The highest BCUT2D eigenvalue weighted by Gasteiger charge is 2.30. The number of aryl methyl sites for hydroxylation is 1. The predicted octanol–water partition coefficient (Wildman–Crippen LogP) is 5.09. The maximum absolute atomic E-state index is 13.4. The quantitative estimate of drug-likeness (QED) is 0.636. The number of fused-ring (bicyclic) bond motifs is 3. The third kappa shape index (κ3) is 3.34. The van der Waals surface area contributed by atoms with E-state index < -0.39 is 0 Å². The number of carbonyl (C=O) groups excluding carboxylic acids is 2. The molecule has 0 fully saturated rings. The minimum Gasteiger partial charge on any atom is -0.355 e. The van der Waals surface area contributed by atoms with Crippen molar-refractivity contribution in [1.29, 1.82) is 0 Å². The number of Topliss-reactive ketones (excluding diaryl/α,β-unsaturated/α-hetero) is 2. The van der Waals surface area contributed by atoms with Crippen LogP contribution in [0.1, 0.15) is 57.1 Å². The second kappa shape index (κ2) is 7.45. The molecular formula is C25H26N2O2. The highest BCUT2D eigenvalue weighted by atomic mass is 16.1. The van der Waals surface area contributed by atoms with Crippen LogP contribution in [0.3, 0.4) is 0 Å². The molecule has 148 valence electrons. The Hall–Kier alpha value is -2.98.